The van der Waals surface area contributed by atoms with E-state index in [1.54, 1.807) is 19.2 Å². The zero-order valence-electron chi connectivity index (χ0n) is 12.8. The lowest BCUT2D eigenvalue weighted by Crippen LogP contribution is -2.15. The average Bonchev–Trinajstić information content (AvgIpc) is 2.44. The number of amides is 1. The van der Waals surface area contributed by atoms with Crippen LogP contribution in [-0.2, 0) is 0 Å². The minimum Gasteiger partial charge on any atom is -0.496 e. The second kappa shape index (κ2) is 5.87. The fourth-order valence-electron chi connectivity index (χ4n) is 2.14. The van der Waals surface area contributed by atoms with Crippen molar-refractivity contribution in [3.8, 4) is 5.75 Å². The number of anilines is 2. The summed E-state index contributed by atoms with van der Waals surface area (Å²) in [6.45, 7) is 5.90. The summed E-state index contributed by atoms with van der Waals surface area (Å²) in [5.41, 5.74) is 10.8. The van der Waals surface area contributed by atoms with Crippen LogP contribution in [0.1, 0.15) is 27.0 Å². The molecule has 0 aromatic heterocycles. The minimum atomic E-state index is -0.231. The molecule has 0 atom stereocenters. The first-order chi connectivity index (χ1) is 9.92. The summed E-state index contributed by atoms with van der Waals surface area (Å²) in [5.74, 6) is 0.311. The van der Waals surface area contributed by atoms with Crippen molar-refractivity contribution in [3.05, 3.63) is 52.6 Å². The van der Waals surface area contributed by atoms with Gasteiger partial charge in [-0.05, 0) is 56.2 Å². The van der Waals surface area contributed by atoms with Gasteiger partial charge in [-0.3, -0.25) is 4.79 Å². The molecule has 2 aromatic rings. The van der Waals surface area contributed by atoms with E-state index in [9.17, 15) is 4.79 Å². The Bertz CT molecular complexity index is 693. The molecule has 4 nitrogen and oxygen atoms in total. The van der Waals surface area contributed by atoms with Gasteiger partial charge in [0, 0.05) is 0 Å². The highest BCUT2D eigenvalue weighted by Crippen LogP contribution is 2.26. The highest BCUT2D eigenvalue weighted by molar-refractivity contribution is 6.07. The summed E-state index contributed by atoms with van der Waals surface area (Å²) in [5, 5.41) is 2.85. The zero-order valence-corrected chi connectivity index (χ0v) is 12.8. The maximum absolute atomic E-state index is 12.4. The monoisotopic (exact) mass is 284 g/mol. The molecule has 0 aliphatic rings. The van der Waals surface area contributed by atoms with E-state index in [0.29, 0.717) is 22.7 Å². The Balaban J connectivity index is 2.34. The van der Waals surface area contributed by atoms with E-state index in [1.807, 2.05) is 39.0 Å². The van der Waals surface area contributed by atoms with Gasteiger partial charge in [-0.15, -0.1) is 0 Å². The molecule has 0 aliphatic heterocycles. The van der Waals surface area contributed by atoms with Gasteiger partial charge in [0.1, 0.15) is 5.75 Å². The second-order valence-electron chi connectivity index (χ2n) is 5.18. The predicted octanol–water partition coefficient (Wildman–Crippen LogP) is 3.45. The quantitative estimate of drug-likeness (QED) is 0.848. The molecule has 0 aliphatic carbocycles. The van der Waals surface area contributed by atoms with Crippen LogP contribution in [0.2, 0.25) is 0 Å². The van der Waals surface area contributed by atoms with E-state index in [-0.39, 0.29) is 5.91 Å². The summed E-state index contributed by atoms with van der Waals surface area (Å²) in [4.78, 5) is 12.4. The fraction of sp³-hybridized carbons (Fsp3) is 0.235. The third-order valence-corrected chi connectivity index (χ3v) is 3.51. The number of rotatable bonds is 3. The Morgan fingerprint density at radius 3 is 2.43 bits per heavy atom. The number of nitrogens with one attached hydrogen (secondary N) is 1. The van der Waals surface area contributed by atoms with Crippen LogP contribution < -0.4 is 15.8 Å². The van der Waals surface area contributed by atoms with Crippen molar-refractivity contribution in [2.45, 2.75) is 20.8 Å². The molecule has 1 amide bonds. The lowest BCUT2D eigenvalue weighted by molar-refractivity contribution is 0.102. The summed E-state index contributed by atoms with van der Waals surface area (Å²) in [7, 11) is 1.55. The summed E-state index contributed by atoms with van der Waals surface area (Å²) >= 11 is 0. The molecule has 0 bridgehead atoms. The average molecular weight is 284 g/mol. The molecule has 0 fully saturated rings. The van der Waals surface area contributed by atoms with Gasteiger partial charge in [0.15, 0.2) is 0 Å². The van der Waals surface area contributed by atoms with Crippen LogP contribution in [0.25, 0.3) is 0 Å². The molecular formula is C17H20N2O2. The summed E-state index contributed by atoms with van der Waals surface area (Å²) in [6, 6.07) is 9.22. The van der Waals surface area contributed by atoms with Gasteiger partial charge in [0.2, 0.25) is 0 Å². The molecule has 0 spiro atoms. The number of carbonyl (C=O) groups excluding carboxylic acids is 1. The Labute approximate surface area is 124 Å². The Hall–Kier alpha value is -2.49. The number of carbonyl (C=O) groups is 1. The topological polar surface area (TPSA) is 64.3 Å². The van der Waals surface area contributed by atoms with Crippen LogP contribution in [-0.4, -0.2) is 13.0 Å². The molecule has 2 aromatic carbocycles. The number of methoxy groups -OCH3 is 1. The fourth-order valence-corrected chi connectivity index (χ4v) is 2.14. The van der Waals surface area contributed by atoms with Crippen molar-refractivity contribution >= 4 is 17.3 Å². The maximum atomic E-state index is 12.4. The lowest BCUT2D eigenvalue weighted by atomic mass is 10.1. The summed E-state index contributed by atoms with van der Waals surface area (Å²) in [6.07, 6.45) is 0. The molecule has 4 heteroatoms. The molecule has 0 saturated heterocycles. The SMILES string of the molecule is COc1ccc(C)cc1C(=O)Nc1cc(C)c(C)cc1N. The van der Waals surface area contributed by atoms with E-state index in [1.165, 1.54) is 0 Å². The highest BCUT2D eigenvalue weighted by Gasteiger charge is 2.14. The van der Waals surface area contributed by atoms with Gasteiger partial charge >= 0.3 is 0 Å². The zero-order chi connectivity index (χ0) is 15.6. The van der Waals surface area contributed by atoms with Gasteiger partial charge in [-0.1, -0.05) is 11.6 Å². The smallest absolute Gasteiger partial charge is 0.259 e. The maximum Gasteiger partial charge on any atom is 0.259 e. The number of benzene rings is 2. The predicted molar refractivity (Wildman–Crippen MR) is 86.0 cm³/mol. The largest absolute Gasteiger partial charge is 0.496 e. The van der Waals surface area contributed by atoms with Gasteiger partial charge in [0.25, 0.3) is 5.91 Å². The van der Waals surface area contributed by atoms with Gasteiger partial charge < -0.3 is 15.8 Å². The highest BCUT2D eigenvalue weighted by atomic mass is 16.5. The van der Waals surface area contributed by atoms with Crippen molar-refractivity contribution < 1.29 is 9.53 Å². The Kier molecular flexibility index (Phi) is 4.17. The first-order valence-corrected chi connectivity index (χ1v) is 6.75. The van der Waals surface area contributed by atoms with Crippen molar-refractivity contribution in [2.24, 2.45) is 0 Å². The molecule has 0 radical (unpaired) electrons. The number of nitrogens with two attached hydrogens (primary N) is 1. The van der Waals surface area contributed by atoms with Crippen LogP contribution in [0.3, 0.4) is 0 Å². The van der Waals surface area contributed by atoms with Gasteiger partial charge in [0.05, 0.1) is 24.0 Å². The number of ether oxygens (including phenoxy) is 1. The van der Waals surface area contributed by atoms with Crippen LogP contribution >= 0.6 is 0 Å². The van der Waals surface area contributed by atoms with E-state index in [4.69, 9.17) is 10.5 Å². The van der Waals surface area contributed by atoms with Crippen molar-refractivity contribution in [3.63, 3.8) is 0 Å². The molecular weight excluding hydrogens is 264 g/mol. The number of nitrogen functional groups attached to an aromatic ring is 1. The van der Waals surface area contributed by atoms with E-state index < -0.39 is 0 Å². The normalized spacial score (nSPS) is 10.3. The first-order valence-electron chi connectivity index (χ1n) is 6.75. The molecule has 110 valence electrons. The van der Waals surface area contributed by atoms with Gasteiger partial charge in [-0.2, -0.15) is 0 Å². The number of hydrogen-bond donors (Lipinski definition) is 2. The minimum absolute atomic E-state index is 0.231. The van der Waals surface area contributed by atoms with Crippen molar-refractivity contribution in [2.75, 3.05) is 18.2 Å². The van der Waals surface area contributed by atoms with Crippen molar-refractivity contribution in [1.82, 2.24) is 0 Å². The standard InChI is InChI=1S/C17H20N2O2/c1-10-5-6-16(21-4)13(7-10)17(20)19-15-9-12(3)11(2)8-14(15)18/h5-9H,18H2,1-4H3,(H,19,20). The number of aryl methyl sites for hydroxylation is 3. The second-order valence-corrected chi connectivity index (χ2v) is 5.18. The molecule has 3 N–H and O–H groups in total. The lowest BCUT2D eigenvalue weighted by Gasteiger charge is -2.13. The molecule has 2 rings (SSSR count). The van der Waals surface area contributed by atoms with E-state index in [2.05, 4.69) is 5.32 Å². The van der Waals surface area contributed by atoms with Crippen LogP contribution in [0.4, 0.5) is 11.4 Å². The first kappa shape index (κ1) is 14.9. The molecule has 0 saturated carbocycles. The number of hydrogen-bond acceptors (Lipinski definition) is 3. The molecule has 21 heavy (non-hydrogen) atoms. The van der Waals surface area contributed by atoms with Gasteiger partial charge in [-0.25, -0.2) is 0 Å². The van der Waals surface area contributed by atoms with Crippen LogP contribution in [0.15, 0.2) is 30.3 Å². The van der Waals surface area contributed by atoms with Crippen LogP contribution in [0, 0.1) is 20.8 Å². The van der Waals surface area contributed by atoms with E-state index in [0.717, 1.165) is 16.7 Å². The Morgan fingerprint density at radius 1 is 1.10 bits per heavy atom. The van der Waals surface area contributed by atoms with Crippen molar-refractivity contribution in [1.29, 1.82) is 0 Å². The molecule has 0 unspecified atom stereocenters. The van der Waals surface area contributed by atoms with Crippen LogP contribution in [0.5, 0.6) is 5.75 Å². The van der Waals surface area contributed by atoms with E-state index >= 15 is 0 Å². The summed E-state index contributed by atoms with van der Waals surface area (Å²) < 4.78 is 5.24. The Morgan fingerprint density at radius 2 is 1.76 bits per heavy atom. The third kappa shape index (κ3) is 3.16. The molecule has 0 heterocycles. The third-order valence-electron chi connectivity index (χ3n) is 3.51.